The largest absolute Gasteiger partial charge is 0.490 e. The second kappa shape index (κ2) is 11.3. The number of carbonyl (C=O) groups is 2. The fraction of sp³-hybridized carbons (Fsp3) is 0.161. The highest BCUT2D eigenvalue weighted by atomic mass is 127. The number of hydrogen-bond donors (Lipinski definition) is 1. The Hall–Kier alpha value is -3.85. The van der Waals surface area contributed by atoms with E-state index in [4.69, 9.17) is 9.47 Å². The summed E-state index contributed by atoms with van der Waals surface area (Å²) >= 11 is 2.21. The van der Waals surface area contributed by atoms with Gasteiger partial charge in [-0.2, -0.15) is 0 Å². The quantitative estimate of drug-likeness (QED) is 0.134. The first kappa shape index (κ1) is 25.8. The summed E-state index contributed by atoms with van der Waals surface area (Å²) in [7, 11) is 0. The summed E-state index contributed by atoms with van der Waals surface area (Å²) in [6.45, 7) is 4.96. The van der Waals surface area contributed by atoms with Crippen molar-refractivity contribution in [1.29, 1.82) is 0 Å². The lowest BCUT2D eigenvalue weighted by Crippen LogP contribution is -2.30. The molecule has 0 aliphatic carbocycles. The smallest absolute Gasteiger partial charge is 0.329 e. The molecule has 0 radical (unpaired) electrons. The van der Waals surface area contributed by atoms with Crippen LogP contribution in [0, 0.1) is 10.5 Å². The molecule has 4 aromatic rings. The molecule has 0 saturated carbocycles. The molecule has 1 fully saturated rings. The molecule has 1 aliphatic heterocycles. The topological polar surface area (TPSA) is 67.9 Å². The van der Waals surface area contributed by atoms with E-state index in [9.17, 15) is 9.59 Å². The number of amides is 3. The molecule has 1 saturated heterocycles. The van der Waals surface area contributed by atoms with Crippen LogP contribution in [0.1, 0.15) is 29.2 Å². The van der Waals surface area contributed by atoms with Crippen molar-refractivity contribution in [3.8, 4) is 11.5 Å². The molecule has 0 unspecified atom stereocenters. The zero-order chi connectivity index (χ0) is 26.6. The Bertz CT molecular complexity index is 1560. The first-order valence-electron chi connectivity index (χ1n) is 12.4. The standard InChI is InChI=1S/C31H27IN2O4/c1-3-37-28-17-23(16-27-30(35)34(31(36)33-27)18-21-8-6-7-20(2)13-21)15-26(32)29(28)38-19-22-11-12-24-9-4-5-10-25(24)14-22/h4-17H,3,18-19H2,1-2H3,(H,33,36)/b27-16+. The number of rotatable bonds is 8. The predicted molar refractivity (Wildman–Crippen MR) is 157 cm³/mol. The maximum atomic E-state index is 13.0. The van der Waals surface area contributed by atoms with Crippen molar-refractivity contribution in [2.75, 3.05) is 6.61 Å². The van der Waals surface area contributed by atoms with Crippen LogP contribution in [0.3, 0.4) is 0 Å². The molecule has 1 heterocycles. The summed E-state index contributed by atoms with van der Waals surface area (Å²) in [4.78, 5) is 26.8. The van der Waals surface area contributed by atoms with E-state index in [0.717, 1.165) is 31.2 Å². The summed E-state index contributed by atoms with van der Waals surface area (Å²) in [5.74, 6) is 0.868. The van der Waals surface area contributed by atoms with Gasteiger partial charge in [0.25, 0.3) is 5.91 Å². The van der Waals surface area contributed by atoms with Gasteiger partial charge in [0.1, 0.15) is 12.3 Å². The van der Waals surface area contributed by atoms with E-state index in [2.05, 4.69) is 58.2 Å². The number of nitrogens with zero attached hydrogens (tertiary/aromatic N) is 1. The maximum absolute atomic E-state index is 13.0. The molecule has 7 heteroatoms. The number of halogens is 1. The van der Waals surface area contributed by atoms with Crippen LogP contribution in [-0.2, 0) is 17.9 Å². The molecular formula is C31H27IN2O4. The van der Waals surface area contributed by atoms with E-state index in [-0.39, 0.29) is 18.1 Å². The van der Waals surface area contributed by atoms with Crippen molar-refractivity contribution < 1.29 is 19.1 Å². The number of ether oxygens (including phenoxy) is 2. The number of hydrogen-bond acceptors (Lipinski definition) is 4. The van der Waals surface area contributed by atoms with Gasteiger partial charge in [-0.15, -0.1) is 0 Å². The van der Waals surface area contributed by atoms with Crippen LogP contribution in [0.25, 0.3) is 16.8 Å². The normalized spacial score (nSPS) is 14.3. The monoisotopic (exact) mass is 618 g/mol. The van der Waals surface area contributed by atoms with E-state index in [0.29, 0.717) is 24.7 Å². The van der Waals surface area contributed by atoms with Gasteiger partial charge in [0, 0.05) is 0 Å². The van der Waals surface area contributed by atoms with Crippen LogP contribution in [0.2, 0.25) is 0 Å². The van der Waals surface area contributed by atoms with Crippen LogP contribution in [0.5, 0.6) is 11.5 Å². The summed E-state index contributed by atoms with van der Waals surface area (Å²) < 4.78 is 13.0. The second-order valence-corrected chi connectivity index (χ2v) is 10.3. The Kier molecular flexibility index (Phi) is 7.64. The third-order valence-electron chi connectivity index (χ3n) is 6.23. The first-order chi connectivity index (χ1) is 18.4. The molecule has 0 aromatic heterocycles. The lowest BCUT2D eigenvalue weighted by atomic mass is 10.1. The lowest BCUT2D eigenvalue weighted by molar-refractivity contribution is -0.123. The Balaban J connectivity index is 1.36. The van der Waals surface area contributed by atoms with Gasteiger partial charge in [-0.1, -0.05) is 66.2 Å². The van der Waals surface area contributed by atoms with Gasteiger partial charge in [0.05, 0.1) is 16.7 Å². The summed E-state index contributed by atoms with van der Waals surface area (Å²) in [6.07, 6.45) is 1.67. The third kappa shape index (κ3) is 5.67. The average molecular weight is 618 g/mol. The number of nitrogens with one attached hydrogen (secondary N) is 1. The fourth-order valence-corrected chi connectivity index (χ4v) is 5.21. The minimum Gasteiger partial charge on any atom is -0.490 e. The molecule has 0 spiro atoms. The molecule has 4 aromatic carbocycles. The Morgan fingerprint density at radius 2 is 1.71 bits per heavy atom. The van der Waals surface area contributed by atoms with E-state index < -0.39 is 6.03 Å². The highest BCUT2D eigenvalue weighted by Crippen LogP contribution is 2.36. The first-order valence-corrected chi connectivity index (χ1v) is 13.5. The zero-order valence-corrected chi connectivity index (χ0v) is 23.3. The highest BCUT2D eigenvalue weighted by Gasteiger charge is 2.33. The molecule has 1 N–H and O–H groups in total. The Morgan fingerprint density at radius 3 is 2.50 bits per heavy atom. The van der Waals surface area contributed by atoms with E-state index >= 15 is 0 Å². The van der Waals surface area contributed by atoms with Crippen LogP contribution < -0.4 is 14.8 Å². The van der Waals surface area contributed by atoms with Gasteiger partial charge in [-0.3, -0.25) is 9.69 Å². The minimum absolute atomic E-state index is 0.215. The van der Waals surface area contributed by atoms with Gasteiger partial charge < -0.3 is 14.8 Å². The average Bonchev–Trinajstić information content (AvgIpc) is 3.15. The SMILES string of the molecule is CCOc1cc(/C=C2/NC(=O)N(Cc3cccc(C)c3)C2=O)cc(I)c1OCc1ccc2ccccc2c1. The van der Waals surface area contributed by atoms with Gasteiger partial charge in [-0.25, -0.2) is 4.79 Å². The van der Waals surface area contributed by atoms with E-state index in [1.54, 1.807) is 6.08 Å². The number of urea groups is 1. The number of imide groups is 1. The summed E-state index contributed by atoms with van der Waals surface area (Å²) in [6, 6.07) is 25.6. The van der Waals surface area contributed by atoms with Crippen molar-refractivity contribution >= 4 is 51.4 Å². The van der Waals surface area contributed by atoms with Crippen molar-refractivity contribution in [3.63, 3.8) is 0 Å². The fourth-order valence-electron chi connectivity index (χ4n) is 4.43. The number of benzene rings is 4. The summed E-state index contributed by atoms with van der Waals surface area (Å²) in [5, 5.41) is 5.05. The van der Waals surface area contributed by atoms with Crippen LogP contribution in [-0.4, -0.2) is 23.4 Å². The van der Waals surface area contributed by atoms with Crippen molar-refractivity contribution in [2.45, 2.75) is 27.0 Å². The van der Waals surface area contributed by atoms with Gasteiger partial charge in [0.15, 0.2) is 11.5 Å². The number of carbonyl (C=O) groups excluding carboxylic acids is 2. The van der Waals surface area contributed by atoms with Gasteiger partial charge in [0.2, 0.25) is 0 Å². The number of aryl methyl sites for hydroxylation is 1. The van der Waals surface area contributed by atoms with Crippen molar-refractivity contribution in [3.05, 3.63) is 110 Å². The van der Waals surface area contributed by atoms with E-state index in [1.165, 1.54) is 10.3 Å². The second-order valence-electron chi connectivity index (χ2n) is 9.10. The van der Waals surface area contributed by atoms with Gasteiger partial charge in [-0.05, 0) is 88.2 Å². The molecule has 5 rings (SSSR count). The molecule has 0 bridgehead atoms. The van der Waals surface area contributed by atoms with Crippen molar-refractivity contribution in [2.24, 2.45) is 0 Å². The van der Waals surface area contributed by atoms with Crippen molar-refractivity contribution in [1.82, 2.24) is 10.2 Å². The zero-order valence-electron chi connectivity index (χ0n) is 21.2. The van der Waals surface area contributed by atoms with Crippen LogP contribution in [0.15, 0.2) is 84.6 Å². The van der Waals surface area contributed by atoms with Gasteiger partial charge >= 0.3 is 6.03 Å². The van der Waals surface area contributed by atoms with E-state index in [1.807, 2.05) is 62.4 Å². The molecule has 192 valence electrons. The molecule has 3 amide bonds. The predicted octanol–water partition coefficient (Wildman–Crippen LogP) is 6.82. The Labute approximate surface area is 235 Å². The molecule has 0 atom stereocenters. The number of fused-ring (bicyclic) bond motifs is 1. The molecular weight excluding hydrogens is 591 g/mol. The summed E-state index contributed by atoms with van der Waals surface area (Å²) in [5.41, 5.74) is 3.99. The molecule has 1 aliphatic rings. The lowest BCUT2D eigenvalue weighted by Gasteiger charge is -2.15. The van der Waals surface area contributed by atoms with Crippen LogP contribution >= 0.6 is 22.6 Å². The molecule has 6 nitrogen and oxygen atoms in total. The third-order valence-corrected chi connectivity index (χ3v) is 7.03. The Morgan fingerprint density at radius 1 is 0.895 bits per heavy atom. The highest BCUT2D eigenvalue weighted by molar-refractivity contribution is 14.1. The minimum atomic E-state index is -0.433. The van der Waals surface area contributed by atoms with Crippen LogP contribution in [0.4, 0.5) is 4.79 Å². The molecule has 38 heavy (non-hydrogen) atoms. The maximum Gasteiger partial charge on any atom is 0.329 e.